The lowest BCUT2D eigenvalue weighted by Gasteiger charge is -1.97. The summed E-state index contributed by atoms with van der Waals surface area (Å²) < 4.78 is 4.80. The van der Waals surface area contributed by atoms with Crippen LogP contribution in [0.5, 0.6) is 0 Å². The first-order valence-electron chi connectivity index (χ1n) is 3.27. The second kappa shape index (κ2) is 3.77. The van der Waals surface area contributed by atoms with Gasteiger partial charge in [0.05, 0.1) is 6.61 Å². The van der Waals surface area contributed by atoms with E-state index in [0.29, 0.717) is 6.61 Å². The maximum atomic E-state index is 10.3. The van der Waals surface area contributed by atoms with Crippen molar-refractivity contribution in [2.45, 2.75) is 6.61 Å². The van der Waals surface area contributed by atoms with E-state index < -0.39 is 5.97 Å². The van der Waals surface area contributed by atoms with E-state index in [1.165, 1.54) is 12.4 Å². The van der Waals surface area contributed by atoms with E-state index >= 15 is 0 Å². The molecule has 64 valence electrons. The Morgan fingerprint density at radius 2 is 2.17 bits per heavy atom. The van der Waals surface area contributed by atoms with E-state index in [0.717, 1.165) is 5.56 Å². The minimum Gasteiger partial charge on any atom is -0.475 e. The fourth-order valence-electron chi connectivity index (χ4n) is 0.706. The molecule has 1 aromatic rings. The zero-order chi connectivity index (χ0) is 8.97. The van der Waals surface area contributed by atoms with Crippen LogP contribution in [0.15, 0.2) is 12.4 Å². The van der Waals surface area contributed by atoms with Gasteiger partial charge in [0.2, 0.25) is 5.82 Å². The minimum atomic E-state index is -1.13. The van der Waals surface area contributed by atoms with E-state index in [1.807, 2.05) is 0 Å². The third-order valence-electron chi connectivity index (χ3n) is 1.21. The van der Waals surface area contributed by atoms with Gasteiger partial charge in [0.1, 0.15) is 0 Å². The zero-order valence-electron chi connectivity index (χ0n) is 6.52. The molecule has 1 aromatic heterocycles. The Labute approximate surface area is 69.0 Å². The molecule has 0 amide bonds. The number of carboxylic acid groups (broad SMARTS) is 1. The first kappa shape index (κ1) is 8.61. The second-order valence-electron chi connectivity index (χ2n) is 2.15. The van der Waals surface area contributed by atoms with Crippen LogP contribution in [-0.2, 0) is 11.3 Å². The van der Waals surface area contributed by atoms with Gasteiger partial charge in [-0.15, -0.1) is 0 Å². The van der Waals surface area contributed by atoms with Crippen LogP contribution in [-0.4, -0.2) is 28.2 Å². The lowest BCUT2D eigenvalue weighted by molar-refractivity contribution is 0.0683. The highest BCUT2D eigenvalue weighted by molar-refractivity contribution is 5.82. The average Bonchev–Trinajstić information content (AvgIpc) is 2.06. The number of hydrogen-bond donors (Lipinski definition) is 1. The molecule has 1 N–H and O–H groups in total. The Hall–Kier alpha value is -1.49. The molecular formula is C7H8N2O3. The summed E-state index contributed by atoms with van der Waals surface area (Å²) in [6.45, 7) is 0.389. The molecular weight excluding hydrogens is 160 g/mol. The Bertz CT molecular complexity index is 270. The predicted octanol–water partition coefficient (Wildman–Crippen LogP) is 0.321. The highest BCUT2D eigenvalue weighted by atomic mass is 16.5. The molecule has 0 aliphatic carbocycles. The van der Waals surface area contributed by atoms with Crippen LogP contribution in [0.2, 0.25) is 0 Å². The third kappa shape index (κ3) is 2.00. The molecule has 0 atom stereocenters. The number of rotatable bonds is 3. The molecule has 5 heteroatoms. The van der Waals surface area contributed by atoms with E-state index in [1.54, 1.807) is 7.11 Å². The standard InChI is InChI=1S/C7H8N2O3/c1-12-4-5-2-8-6(7(10)11)9-3-5/h2-3H,4H2,1H3,(H,10,11). The molecule has 0 aliphatic rings. The fourth-order valence-corrected chi connectivity index (χ4v) is 0.706. The molecule has 0 aromatic carbocycles. The Kier molecular flexibility index (Phi) is 2.71. The molecule has 0 unspecified atom stereocenters. The quantitative estimate of drug-likeness (QED) is 0.703. The Morgan fingerprint density at radius 3 is 2.58 bits per heavy atom. The van der Waals surface area contributed by atoms with Crippen molar-refractivity contribution in [2.75, 3.05) is 7.11 Å². The Balaban J connectivity index is 2.78. The number of carboxylic acids is 1. The van der Waals surface area contributed by atoms with Gasteiger partial charge in [-0.05, 0) is 0 Å². The van der Waals surface area contributed by atoms with Crippen molar-refractivity contribution in [1.29, 1.82) is 0 Å². The summed E-state index contributed by atoms with van der Waals surface area (Å²) in [5.74, 6) is -1.33. The van der Waals surface area contributed by atoms with Gasteiger partial charge in [0, 0.05) is 25.1 Å². The van der Waals surface area contributed by atoms with Crippen molar-refractivity contribution in [1.82, 2.24) is 9.97 Å². The normalized spacial score (nSPS) is 9.75. The highest BCUT2D eigenvalue weighted by Gasteiger charge is 2.04. The topological polar surface area (TPSA) is 72.3 Å². The summed E-state index contributed by atoms with van der Waals surface area (Å²) in [7, 11) is 1.55. The van der Waals surface area contributed by atoms with Crippen LogP contribution in [0.1, 0.15) is 16.2 Å². The van der Waals surface area contributed by atoms with Gasteiger partial charge in [-0.25, -0.2) is 14.8 Å². The molecule has 1 rings (SSSR count). The number of aromatic nitrogens is 2. The number of ether oxygens (including phenoxy) is 1. The monoisotopic (exact) mass is 168 g/mol. The Morgan fingerprint density at radius 1 is 1.58 bits per heavy atom. The molecule has 1 heterocycles. The smallest absolute Gasteiger partial charge is 0.373 e. The van der Waals surface area contributed by atoms with Crippen LogP contribution in [0.3, 0.4) is 0 Å². The molecule has 0 spiro atoms. The summed E-state index contributed by atoms with van der Waals surface area (Å²) in [6.07, 6.45) is 2.86. The number of hydrogen-bond acceptors (Lipinski definition) is 4. The molecule has 12 heavy (non-hydrogen) atoms. The number of aromatic carboxylic acids is 1. The average molecular weight is 168 g/mol. The van der Waals surface area contributed by atoms with Gasteiger partial charge in [0.25, 0.3) is 0 Å². The van der Waals surface area contributed by atoms with Crippen LogP contribution in [0, 0.1) is 0 Å². The van der Waals surface area contributed by atoms with Crippen molar-refractivity contribution in [3.63, 3.8) is 0 Å². The van der Waals surface area contributed by atoms with Gasteiger partial charge in [-0.3, -0.25) is 0 Å². The fraction of sp³-hybridized carbons (Fsp3) is 0.286. The lowest BCUT2D eigenvalue weighted by atomic mass is 10.4. The molecule has 0 radical (unpaired) electrons. The van der Waals surface area contributed by atoms with E-state index in [2.05, 4.69) is 9.97 Å². The first-order chi connectivity index (χ1) is 5.74. The van der Waals surface area contributed by atoms with Crippen LogP contribution < -0.4 is 0 Å². The van der Waals surface area contributed by atoms with Gasteiger partial charge in [0.15, 0.2) is 0 Å². The molecule has 0 aliphatic heterocycles. The summed E-state index contributed by atoms with van der Waals surface area (Å²) >= 11 is 0. The number of methoxy groups -OCH3 is 1. The van der Waals surface area contributed by atoms with Crippen LogP contribution in [0.4, 0.5) is 0 Å². The van der Waals surface area contributed by atoms with E-state index in [-0.39, 0.29) is 5.82 Å². The van der Waals surface area contributed by atoms with E-state index in [9.17, 15) is 4.79 Å². The summed E-state index contributed by atoms with van der Waals surface area (Å²) in [4.78, 5) is 17.5. The minimum absolute atomic E-state index is 0.199. The first-order valence-corrected chi connectivity index (χ1v) is 3.27. The van der Waals surface area contributed by atoms with Crippen LogP contribution >= 0.6 is 0 Å². The molecule has 0 saturated heterocycles. The van der Waals surface area contributed by atoms with Crippen molar-refractivity contribution < 1.29 is 14.6 Å². The van der Waals surface area contributed by atoms with Gasteiger partial charge in [-0.1, -0.05) is 0 Å². The molecule has 0 bridgehead atoms. The number of nitrogens with zero attached hydrogens (tertiary/aromatic N) is 2. The van der Waals surface area contributed by atoms with Crippen molar-refractivity contribution in [3.8, 4) is 0 Å². The molecule has 0 saturated carbocycles. The SMILES string of the molecule is COCc1cnc(C(=O)O)nc1. The molecule has 0 fully saturated rings. The summed E-state index contributed by atoms with van der Waals surface area (Å²) in [5.41, 5.74) is 0.752. The van der Waals surface area contributed by atoms with Crippen LogP contribution in [0.25, 0.3) is 0 Å². The maximum absolute atomic E-state index is 10.3. The third-order valence-corrected chi connectivity index (χ3v) is 1.21. The van der Waals surface area contributed by atoms with Crippen molar-refractivity contribution in [2.24, 2.45) is 0 Å². The molecule has 5 nitrogen and oxygen atoms in total. The van der Waals surface area contributed by atoms with Crippen molar-refractivity contribution >= 4 is 5.97 Å². The predicted molar refractivity (Wildman–Crippen MR) is 39.7 cm³/mol. The summed E-state index contributed by atoms with van der Waals surface area (Å²) in [5, 5.41) is 8.45. The summed E-state index contributed by atoms with van der Waals surface area (Å²) in [6, 6.07) is 0. The zero-order valence-corrected chi connectivity index (χ0v) is 6.52. The number of carbonyl (C=O) groups is 1. The highest BCUT2D eigenvalue weighted by Crippen LogP contribution is 1.97. The largest absolute Gasteiger partial charge is 0.475 e. The van der Waals surface area contributed by atoms with Crippen molar-refractivity contribution in [3.05, 3.63) is 23.8 Å². The maximum Gasteiger partial charge on any atom is 0.373 e. The van der Waals surface area contributed by atoms with Gasteiger partial charge >= 0.3 is 5.97 Å². The van der Waals surface area contributed by atoms with Gasteiger partial charge < -0.3 is 9.84 Å². The van der Waals surface area contributed by atoms with E-state index in [4.69, 9.17) is 9.84 Å². The lowest BCUT2D eigenvalue weighted by Crippen LogP contribution is -2.04. The van der Waals surface area contributed by atoms with Gasteiger partial charge in [-0.2, -0.15) is 0 Å². The second-order valence-corrected chi connectivity index (χ2v) is 2.15.